The molecule has 0 saturated carbocycles. The number of carbonyl (C=O) groups is 1. The second-order valence-corrected chi connectivity index (χ2v) is 8.04. The predicted molar refractivity (Wildman–Crippen MR) is 113 cm³/mol. The molecule has 0 bridgehead atoms. The van der Waals surface area contributed by atoms with E-state index in [4.69, 9.17) is 0 Å². The highest BCUT2D eigenvalue weighted by molar-refractivity contribution is 7.08. The summed E-state index contributed by atoms with van der Waals surface area (Å²) in [4.78, 5) is 14.8. The molecule has 1 aliphatic rings. The Labute approximate surface area is 172 Å². The molecular weight excluding hydrogens is 384 g/mol. The molecule has 1 atom stereocenters. The maximum atomic E-state index is 12.9. The number of carbonyl (C=O) groups excluding carboxylic acids is 1. The van der Waals surface area contributed by atoms with E-state index in [1.54, 1.807) is 15.9 Å². The number of aryl methyl sites for hydroxylation is 1. The number of amides is 1. The van der Waals surface area contributed by atoms with Crippen molar-refractivity contribution in [3.63, 3.8) is 0 Å². The Hall–Kier alpha value is -3.26. The van der Waals surface area contributed by atoms with E-state index in [-0.39, 0.29) is 11.9 Å². The Kier molecular flexibility index (Phi) is 4.48. The summed E-state index contributed by atoms with van der Waals surface area (Å²) in [7, 11) is 0. The first kappa shape index (κ1) is 17.8. The Morgan fingerprint density at radius 3 is 2.79 bits per heavy atom. The largest absolute Gasteiger partial charge is 0.357 e. The minimum Gasteiger partial charge on any atom is -0.357 e. The van der Waals surface area contributed by atoms with E-state index in [1.165, 1.54) is 5.56 Å². The molecule has 0 aliphatic carbocycles. The molecule has 1 unspecified atom stereocenters. The lowest BCUT2D eigenvalue weighted by Gasteiger charge is -2.17. The summed E-state index contributed by atoms with van der Waals surface area (Å²) >= 11 is 1.60. The topological polar surface area (TPSA) is 75.4 Å². The smallest absolute Gasteiger partial charge is 0.245 e. The van der Waals surface area contributed by atoms with Crippen molar-refractivity contribution in [2.24, 2.45) is 0 Å². The second kappa shape index (κ2) is 7.29. The van der Waals surface area contributed by atoms with E-state index in [9.17, 15) is 4.79 Å². The lowest BCUT2D eigenvalue weighted by molar-refractivity contribution is -0.128. The first-order valence-corrected chi connectivity index (χ1v) is 10.5. The highest BCUT2D eigenvalue weighted by Crippen LogP contribution is 2.22. The fourth-order valence-corrected chi connectivity index (χ4v) is 4.19. The van der Waals surface area contributed by atoms with Gasteiger partial charge in [0.15, 0.2) is 11.5 Å². The van der Waals surface area contributed by atoms with Crippen LogP contribution < -0.4 is 5.32 Å². The quantitative estimate of drug-likeness (QED) is 0.552. The maximum absolute atomic E-state index is 12.9. The minimum atomic E-state index is -0.272. The van der Waals surface area contributed by atoms with Crippen LogP contribution in [-0.4, -0.2) is 43.2 Å². The van der Waals surface area contributed by atoms with Crippen LogP contribution in [0.4, 0.5) is 5.82 Å². The van der Waals surface area contributed by atoms with Crippen molar-refractivity contribution in [3.8, 4) is 11.4 Å². The van der Waals surface area contributed by atoms with Gasteiger partial charge >= 0.3 is 0 Å². The molecule has 8 heteroatoms. The summed E-state index contributed by atoms with van der Waals surface area (Å²) in [6, 6.07) is 13.7. The number of aromatic nitrogens is 4. The number of nitrogens with zero attached hydrogens (tertiary/aromatic N) is 5. The van der Waals surface area contributed by atoms with E-state index in [0.717, 1.165) is 24.1 Å². The van der Waals surface area contributed by atoms with Crippen LogP contribution >= 0.6 is 11.3 Å². The maximum Gasteiger partial charge on any atom is 0.245 e. The third kappa shape index (κ3) is 3.47. The second-order valence-electron chi connectivity index (χ2n) is 7.26. The number of thiophene rings is 1. The average Bonchev–Trinajstić information content (AvgIpc) is 3.46. The fourth-order valence-electron chi connectivity index (χ4n) is 3.56. The Morgan fingerprint density at radius 2 is 2.00 bits per heavy atom. The Morgan fingerprint density at radius 1 is 1.14 bits per heavy atom. The molecule has 0 radical (unpaired) electrons. The molecular formula is C21H20N6OS. The molecule has 1 aliphatic heterocycles. The minimum absolute atomic E-state index is 0.106. The number of fused-ring (bicyclic) bond motifs is 1. The van der Waals surface area contributed by atoms with Crippen LogP contribution in [0.1, 0.15) is 17.5 Å². The van der Waals surface area contributed by atoms with Crippen LogP contribution in [0, 0.1) is 6.92 Å². The van der Waals surface area contributed by atoms with Gasteiger partial charge in [0, 0.05) is 24.0 Å². The average molecular weight is 404 g/mol. The summed E-state index contributed by atoms with van der Waals surface area (Å²) in [6.45, 7) is 3.44. The van der Waals surface area contributed by atoms with Gasteiger partial charge in [-0.3, -0.25) is 4.79 Å². The van der Waals surface area contributed by atoms with Crippen LogP contribution in [0.5, 0.6) is 0 Å². The van der Waals surface area contributed by atoms with Crippen LogP contribution in [0.2, 0.25) is 0 Å². The number of likely N-dealkylation sites (tertiary alicyclic amines) is 1. The van der Waals surface area contributed by atoms with Crippen molar-refractivity contribution in [1.29, 1.82) is 0 Å². The number of hydrogen-bond donors (Lipinski definition) is 1. The van der Waals surface area contributed by atoms with Gasteiger partial charge in [-0.05, 0) is 42.5 Å². The van der Waals surface area contributed by atoms with E-state index in [1.807, 2.05) is 33.9 Å². The van der Waals surface area contributed by atoms with Crippen molar-refractivity contribution >= 4 is 28.7 Å². The molecule has 1 amide bonds. The standard InChI is InChI=1S/C21H20N6OS/c1-14-2-4-15(5-3-14)12-26-10-8-17(21(26)28)22-18-6-7-19-23-24-20(27(19)25-18)16-9-11-29-13-16/h2-7,9,11,13,17H,8,10,12H2,1H3,(H,22,25). The predicted octanol–water partition coefficient (Wildman–Crippen LogP) is 3.37. The number of rotatable bonds is 5. The van der Waals surface area contributed by atoms with Crippen LogP contribution in [-0.2, 0) is 11.3 Å². The summed E-state index contributed by atoms with van der Waals surface area (Å²) in [6.07, 6.45) is 0.754. The highest BCUT2D eigenvalue weighted by Gasteiger charge is 2.31. The molecule has 5 rings (SSSR count). The monoisotopic (exact) mass is 404 g/mol. The third-order valence-corrected chi connectivity index (χ3v) is 5.84. The van der Waals surface area contributed by atoms with Gasteiger partial charge in [-0.1, -0.05) is 29.8 Å². The highest BCUT2D eigenvalue weighted by atomic mass is 32.1. The molecule has 1 N–H and O–H groups in total. The molecule has 1 aromatic carbocycles. The van der Waals surface area contributed by atoms with Crippen molar-refractivity contribution in [2.75, 3.05) is 11.9 Å². The van der Waals surface area contributed by atoms with Gasteiger partial charge in [-0.25, -0.2) is 0 Å². The van der Waals surface area contributed by atoms with Crippen molar-refractivity contribution in [1.82, 2.24) is 24.7 Å². The van der Waals surface area contributed by atoms with E-state index in [0.29, 0.717) is 23.8 Å². The van der Waals surface area contributed by atoms with Gasteiger partial charge < -0.3 is 10.2 Å². The zero-order chi connectivity index (χ0) is 19.8. The Bertz CT molecular complexity index is 1150. The van der Waals surface area contributed by atoms with Gasteiger partial charge in [0.25, 0.3) is 0 Å². The van der Waals surface area contributed by atoms with Gasteiger partial charge in [-0.2, -0.15) is 15.9 Å². The van der Waals surface area contributed by atoms with Crippen LogP contribution in [0.15, 0.2) is 53.2 Å². The van der Waals surface area contributed by atoms with Crippen molar-refractivity contribution in [2.45, 2.75) is 25.9 Å². The molecule has 7 nitrogen and oxygen atoms in total. The summed E-state index contributed by atoms with van der Waals surface area (Å²) in [5, 5.41) is 20.4. The van der Waals surface area contributed by atoms with Crippen molar-refractivity contribution < 1.29 is 4.79 Å². The molecule has 0 spiro atoms. The van der Waals surface area contributed by atoms with Gasteiger partial charge in [-0.15, -0.1) is 15.3 Å². The van der Waals surface area contributed by atoms with Gasteiger partial charge in [0.2, 0.25) is 5.91 Å². The first-order valence-electron chi connectivity index (χ1n) is 9.53. The van der Waals surface area contributed by atoms with E-state index < -0.39 is 0 Å². The summed E-state index contributed by atoms with van der Waals surface area (Å²) in [5.74, 6) is 1.45. The summed E-state index contributed by atoms with van der Waals surface area (Å²) < 4.78 is 1.72. The number of benzene rings is 1. The number of anilines is 1. The summed E-state index contributed by atoms with van der Waals surface area (Å²) in [5.41, 5.74) is 4.02. The van der Waals surface area contributed by atoms with Gasteiger partial charge in [0.1, 0.15) is 11.9 Å². The molecule has 146 valence electrons. The van der Waals surface area contributed by atoms with Crippen molar-refractivity contribution in [3.05, 3.63) is 64.4 Å². The number of hydrogen-bond acceptors (Lipinski definition) is 6. The van der Waals surface area contributed by atoms with Crippen LogP contribution in [0.25, 0.3) is 17.0 Å². The Balaban J connectivity index is 1.32. The third-order valence-electron chi connectivity index (χ3n) is 5.16. The molecule has 3 aromatic heterocycles. The fraction of sp³-hybridized carbons (Fsp3) is 0.238. The van der Waals surface area contributed by atoms with E-state index in [2.05, 4.69) is 51.8 Å². The SMILES string of the molecule is Cc1ccc(CN2CCC(Nc3ccc4nnc(-c5ccsc5)n4n3)C2=O)cc1. The first-order chi connectivity index (χ1) is 14.2. The molecule has 4 aromatic rings. The van der Waals surface area contributed by atoms with Gasteiger partial charge in [0.05, 0.1) is 0 Å². The number of nitrogens with one attached hydrogen (secondary N) is 1. The zero-order valence-corrected chi connectivity index (χ0v) is 16.8. The van der Waals surface area contributed by atoms with Crippen LogP contribution in [0.3, 0.4) is 0 Å². The molecule has 29 heavy (non-hydrogen) atoms. The van der Waals surface area contributed by atoms with E-state index >= 15 is 0 Å². The normalized spacial score (nSPS) is 16.7. The molecule has 4 heterocycles. The lowest BCUT2D eigenvalue weighted by atomic mass is 10.1. The molecule has 1 fully saturated rings. The molecule has 1 saturated heterocycles. The zero-order valence-electron chi connectivity index (χ0n) is 15.9. The lowest BCUT2D eigenvalue weighted by Crippen LogP contribution is -2.33.